The zero-order valence-corrected chi connectivity index (χ0v) is 9.23. The summed E-state index contributed by atoms with van der Waals surface area (Å²) in [5, 5.41) is 8.60. The third-order valence-corrected chi connectivity index (χ3v) is 2.06. The molecule has 0 saturated carbocycles. The molecule has 0 unspecified atom stereocenters. The van der Waals surface area contributed by atoms with E-state index in [0.29, 0.717) is 4.90 Å². The maximum absolute atomic E-state index is 12.1. The van der Waals surface area contributed by atoms with Gasteiger partial charge in [-0.25, -0.2) is 4.79 Å². The molecule has 1 heterocycles. The predicted molar refractivity (Wildman–Crippen MR) is 53.7 cm³/mol. The van der Waals surface area contributed by atoms with Crippen LogP contribution in [0.1, 0.15) is 16.1 Å². The molecule has 5 nitrogen and oxygen atoms in total. The Balaban J connectivity index is 2.74. The van der Waals surface area contributed by atoms with Crippen molar-refractivity contribution >= 4 is 11.9 Å². The van der Waals surface area contributed by atoms with Gasteiger partial charge >= 0.3 is 18.1 Å². The predicted octanol–water partition coefficient (Wildman–Crippen LogP) is 1.30. The summed E-state index contributed by atoms with van der Waals surface area (Å²) in [6.45, 7) is -0.349. The number of alkyl halides is 3. The monoisotopic (exact) mass is 262 g/mol. The topological polar surface area (TPSA) is 70.5 Å². The summed E-state index contributed by atoms with van der Waals surface area (Å²) in [6.07, 6.45) is -3.92. The molecule has 0 aliphatic heterocycles. The van der Waals surface area contributed by atoms with Crippen LogP contribution in [0.25, 0.3) is 0 Å². The van der Waals surface area contributed by atoms with E-state index in [2.05, 4.69) is 4.98 Å². The van der Waals surface area contributed by atoms with E-state index in [-0.39, 0.29) is 17.8 Å². The van der Waals surface area contributed by atoms with Crippen LogP contribution in [0.4, 0.5) is 13.2 Å². The fourth-order valence-corrected chi connectivity index (χ4v) is 1.18. The van der Waals surface area contributed by atoms with Gasteiger partial charge in [0.1, 0.15) is 0 Å². The Kier molecular flexibility index (Phi) is 3.89. The number of carbonyl (C=O) groups is 2. The van der Waals surface area contributed by atoms with Crippen molar-refractivity contribution in [1.82, 2.24) is 9.88 Å². The van der Waals surface area contributed by atoms with E-state index in [9.17, 15) is 22.8 Å². The average Bonchev–Trinajstić information content (AvgIpc) is 2.27. The van der Waals surface area contributed by atoms with Gasteiger partial charge in [-0.15, -0.1) is 0 Å². The molecule has 1 amide bonds. The summed E-state index contributed by atoms with van der Waals surface area (Å²) >= 11 is 0. The summed E-state index contributed by atoms with van der Waals surface area (Å²) in [5.74, 6) is -3.17. The number of hydrogen-bond donors (Lipinski definition) is 1. The van der Waals surface area contributed by atoms with Crippen molar-refractivity contribution in [2.75, 3.05) is 7.05 Å². The normalized spacial score (nSPS) is 11.1. The molecule has 0 aromatic carbocycles. The van der Waals surface area contributed by atoms with Gasteiger partial charge < -0.3 is 10.0 Å². The Bertz CT molecular complexity index is 456. The van der Waals surface area contributed by atoms with Crippen LogP contribution in [-0.2, 0) is 11.3 Å². The van der Waals surface area contributed by atoms with Gasteiger partial charge in [0.25, 0.3) is 0 Å². The summed E-state index contributed by atoms with van der Waals surface area (Å²) in [7, 11) is 0.989. The zero-order chi connectivity index (χ0) is 13.9. The van der Waals surface area contributed by atoms with Crippen LogP contribution in [0.5, 0.6) is 0 Å². The fourth-order valence-electron chi connectivity index (χ4n) is 1.18. The van der Waals surface area contributed by atoms with Crippen molar-refractivity contribution in [2.45, 2.75) is 12.7 Å². The maximum Gasteiger partial charge on any atom is 0.471 e. The van der Waals surface area contributed by atoms with Crippen LogP contribution >= 0.6 is 0 Å². The highest BCUT2D eigenvalue weighted by Gasteiger charge is 2.41. The Hall–Kier alpha value is -2.12. The van der Waals surface area contributed by atoms with Gasteiger partial charge in [0.05, 0.1) is 17.8 Å². The summed E-state index contributed by atoms with van der Waals surface area (Å²) < 4.78 is 36.2. The van der Waals surface area contributed by atoms with Crippen molar-refractivity contribution in [3.63, 3.8) is 0 Å². The highest BCUT2D eigenvalue weighted by Crippen LogP contribution is 2.18. The first-order valence-electron chi connectivity index (χ1n) is 4.72. The van der Waals surface area contributed by atoms with Crippen LogP contribution in [-0.4, -0.2) is 40.1 Å². The maximum atomic E-state index is 12.1. The fraction of sp³-hybridized carbons (Fsp3) is 0.300. The summed E-state index contributed by atoms with van der Waals surface area (Å²) in [6, 6.07) is 2.46. The van der Waals surface area contributed by atoms with Crippen molar-refractivity contribution in [3.8, 4) is 0 Å². The first-order valence-corrected chi connectivity index (χ1v) is 4.72. The number of carboxylic acid groups (broad SMARTS) is 1. The van der Waals surface area contributed by atoms with E-state index in [1.807, 2.05) is 0 Å². The average molecular weight is 262 g/mol. The SMILES string of the molecule is CN(Cc1ccc(C(=O)O)cn1)C(=O)C(F)(F)F. The third kappa shape index (κ3) is 3.44. The van der Waals surface area contributed by atoms with Crippen LogP contribution in [0, 0.1) is 0 Å². The number of aromatic carboxylic acids is 1. The number of hydrogen-bond acceptors (Lipinski definition) is 3. The van der Waals surface area contributed by atoms with E-state index in [4.69, 9.17) is 5.11 Å². The second kappa shape index (κ2) is 5.03. The standard InChI is InChI=1S/C10H9F3N2O3/c1-15(9(18)10(11,12)13)5-7-3-2-6(4-14-7)8(16)17/h2-4H,5H2,1H3,(H,16,17). The number of aromatic nitrogens is 1. The molecule has 1 rings (SSSR count). The van der Waals surface area contributed by atoms with E-state index in [0.717, 1.165) is 13.2 Å². The molecule has 0 fully saturated rings. The van der Waals surface area contributed by atoms with Gasteiger partial charge in [0.2, 0.25) is 0 Å². The van der Waals surface area contributed by atoms with Crippen molar-refractivity contribution in [2.24, 2.45) is 0 Å². The van der Waals surface area contributed by atoms with Gasteiger partial charge in [-0.3, -0.25) is 9.78 Å². The molecule has 18 heavy (non-hydrogen) atoms. The number of carbonyl (C=O) groups excluding carboxylic acids is 1. The van der Waals surface area contributed by atoms with E-state index < -0.39 is 18.1 Å². The summed E-state index contributed by atoms with van der Waals surface area (Å²) in [5.41, 5.74) is 0.0867. The lowest BCUT2D eigenvalue weighted by Crippen LogP contribution is -2.38. The molecule has 0 saturated heterocycles. The van der Waals surface area contributed by atoms with Gasteiger partial charge in [-0.2, -0.15) is 13.2 Å². The second-order valence-corrected chi connectivity index (χ2v) is 3.50. The van der Waals surface area contributed by atoms with Gasteiger partial charge in [-0.1, -0.05) is 0 Å². The van der Waals surface area contributed by atoms with Crippen LogP contribution in [0.3, 0.4) is 0 Å². The van der Waals surface area contributed by atoms with Crippen molar-refractivity contribution in [1.29, 1.82) is 0 Å². The highest BCUT2D eigenvalue weighted by atomic mass is 19.4. The third-order valence-electron chi connectivity index (χ3n) is 2.06. The van der Waals surface area contributed by atoms with Crippen LogP contribution in [0.15, 0.2) is 18.3 Å². The number of nitrogens with zero attached hydrogens (tertiary/aromatic N) is 2. The van der Waals surface area contributed by atoms with Gasteiger partial charge in [0, 0.05) is 13.2 Å². The number of rotatable bonds is 3. The minimum absolute atomic E-state index is 0.0800. The highest BCUT2D eigenvalue weighted by molar-refractivity contribution is 5.87. The molecule has 0 bridgehead atoms. The quantitative estimate of drug-likeness (QED) is 0.891. The van der Waals surface area contributed by atoms with E-state index in [1.165, 1.54) is 12.1 Å². The molecule has 98 valence electrons. The lowest BCUT2D eigenvalue weighted by Gasteiger charge is -2.18. The Morgan fingerprint density at radius 1 is 1.39 bits per heavy atom. The number of amides is 1. The minimum atomic E-state index is -4.93. The Morgan fingerprint density at radius 3 is 2.39 bits per heavy atom. The number of pyridine rings is 1. The van der Waals surface area contributed by atoms with E-state index >= 15 is 0 Å². The molecule has 0 spiro atoms. The molecule has 0 aliphatic carbocycles. The molecule has 0 radical (unpaired) electrons. The van der Waals surface area contributed by atoms with Crippen LogP contribution < -0.4 is 0 Å². The van der Waals surface area contributed by atoms with Crippen LogP contribution in [0.2, 0.25) is 0 Å². The summed E-state index contributed by atoms with van der Waals surface area (Å²) in [4.78, 5) is 25.5. The first kappa shape index (κ1) is 13.9. The molecular formula is C10H9F3N2O3. The minimum Gasteiger partial charge on any atom is -0.478 e. The second-order valence-electron chi connectivity index (χ2n) is 3.50. The number of halogens is 3. The molecule has 1 aromatic heterocycles. The molecular weight excluding hydrogens is 253 g/mol. The molecule has 8 heteroatoms. The smallest absolute Gasteiger partial charge is 0.471 e. The Morgan fingerprint density at radius 2 is 2.00 bits per heavy atom. The first-order chi connectivity index (χ1) is 8.21. The van der Waals surface area contributed by atoms with Crippen molar-refractivity contribution in [3.05, 3.63) is 29.6 Å². The molecule has 0 atom stereocenters. The zero-order valence-electron chi connectivity index (χ0n) is 9.23. The molecule has 0 aliphatic rings. The largest absolute Gasteiger partial charge is 0.478 e. The Labute approximate surface area is 99.8 Å². The van der Waals surface area contributed by atoms with Gasteiger partial charge in [-0.05, 0) is 12.1 Å². The van der Waals surface area contributed by atoms with Crippen molar-refractivity contribution < 1.29 is 27.9 Å². The lowest BCUT2D eigenvalue weighted by atomic mass is 10.2. The van der Waals surface area contributed by atoms with E-state index in [1.54, 1.807) is 0 Å². The molecule has 1 aromatic rings. The molecule has 1 N–H and O–H groups in total. The van der Waals surface area contributed by atoms with Gasteiger partial charge in [0.15, 0.2) is 0 Å². The lowest BCUT2D eigenvalue weighted by molar-refractivity contribution is -0.184. The number of carboxylic acids is 1.